The topological polar surface area (TPSA) is 127 Å². The molecule has 0 aromatic rings. The molecule has 1 atom stereocenters. The third kappa shape index (κ3) is 33.4. The maximum atomic E-state index is 12.8. The zero-order valence-electron chi connectivity index (χ0n) is 33.2. The first kappa shape index (κ1) is 48.8. The van der Waals surface area contributed by atoms with Gasteiger partial charge in [0.05, 0.1) is 18.9 Å². The van der Waals surface area contributed by atoms with Gasteiger partial charge in [-0.3, -0.25) is 9.59 Å². The normalized spacial score (nSPS) is 11.9. The van der Waals surface area contributed by atoms with Crippen LogP contribution in [0.25, 0.3) is 0 Å². The van der Waals surface area contributed by atoms with Crippen LogP contribution in [0.4, 0.5) is 4.79 Å². The lowest BCUT2D eigenvalue weighted by atomic mass is 10.1. The average Bonchev–Trinajstić information content (AvgIpc) is 3.12. The quantitative estimate of drug-likeness (QED) is 0.0263. The highest BCUT2D eigenvalue weighted by Crippen LogP contribution is 2.13. The van der Waals surface area contributed by atoms with Crippen molar-refractivity contribution < 1.29 is 47.6 Å². The van der Waals surface area contributed by atoms with Gasteiger partial charge in [0.1, 0.15) is 25.6 Å². The first-order valence-electron chi connectivity index (χ1n) is 20.3. The Hall–Kier alpha value is -2.24. The summed E-state index contributed by atoms with van der Waals surface area (Å²) < 4.78 is 33.6. The van der Waals surface area contributed by atoms with Crippen LogP contribution in [0.3, 0.4) is 0 Å². The third-order valence-corrected chi connectivity index (χ3v) is 8.73. The number of rotatable bonds is 37. The van der Waals surface area contributed by atoms with E-state index in [9.17, 15) is 19.2 Å². The van der Waals surface area contributed by atoms with Gasteiger partial charge in [0.2, 0.25) is 0 Å². The number of esters is 2. The van der Waals surface area contributed by atoms with E-state index in [1.807, 2.05) is 0 Å². The molecular formula is C40H75NO10. The number of ketones is 1. The van der Waals surface area contributed by atoms with Gasteiger partial charge in [-0.15, -0.1) is 0 Å². The van der Waals surface area contributed by atoms with Gasteiger partial charge in [-0.1, -0.05) is 98.3 Å². The van der Waals surface area contributed by atoms with Crippen LogP contribution in [0.15, 0.2) is 0 Å². The highest BCUT2D eigenvalue weighted by atomic mass is 16.7. The molecule has 0 heterocycles. The lowest BCUT2D eigenvalue weighted by Gasteiger charge is -2.20. The second-order valence-electron chi connectivity index (χ2n) is 13.5. The highest BCUT2D eigenvalue weighted by molar-refractivity contribution is 5.75. The maximum Gasteiger partial charge on any atom is 0.508 e. The molecule has 0 rings (SSSR count). The number of hydrogen-bond acceptors (Lipinski definition) is 11. The monoisotopic (exact) mass is 730 g/mol. The SMILES string of the molecule is CCCCCCCOC(CCC(=O)OCC(COC(=O)CCCCCCCC(C)=O)COC(=O)OCCCN(CC)CC)OCCCCCCC. The largest absolute Gasteiger partial charge is 0.508 e. The van der Waals surface area contributed by atoms with Gasteiger partial charge < -0.3 is 38.1 Å². The molecule has 0 saturated carbocycles. The van der Waals surface area contributed by atoms with Crippen LogP contribution in [0, 0.1) is 5.92 Å². The zero-order valence-corrected chi connectivity index (χ0v) is 33.2. The van der Waals surface area contributed by atoms with Crippen molar-refractivity contribution in [1.82, 2.24) is 4.90 Å². The summed E-state index contributed by atoms with van der Waals surface area (Å²) in [6.45, 7) is 14.0. The fraction of sp³-hybridized carbons (Fsp3) is 0.900. The molecule has 1 unspecified atom stereocenters. The highest BCUT2D eigenvalue weighted by Gasteiger charge is 2.20. The molecule has 0 amide bonds. The predicted molar refractivity (Wildman–Crippen MR) is 201 cm³/mol. The fourth-order valence-electron chi connectivity index (χ4n) is 5.39. The van der Waals surface area contributed by atoms with Crippen molar-refractivity contribution in [3.63, 3.8) is 0 Å². The zero-order chi connectivity index (χ0) is 37.8. The molecule has 11 heteroatoms. The van der Waals surface area contributed by atoms with Crippen LogP contribution in [0.2, 0.25) is 0 Å². The van der Waals surface area contributed by atoms with E-state index in [-0.39, 0.29) is 51.0 Å². The summed E-state index contributed by atoms with van der Waals surface area (Å²) in [5, 5.41) is 0. The molecule has 0 aromatic heterocycles. The predicted octanol–water partition coefficient (Wildman–Crippen LogP) is 8.97. The second kappa shape index (κ2) is 36.1. The summed E-state index contributed by atoms with van der Waals surface area (Å²) in [5.74, 6) is -1.11. The number of carbonyl (C=O) groups is 4. The molecule has 0 bridgehead atoms. The molecule has 0 N–H and O–H groups in total. The molecule has 0 fully saturated rings. The second-order valence-corrected chi connectivity index (χ2v) is 13.5. The lowest BCUT2D eigenvalue weighted by Crippen LogP contribution is -2.28. The summed E-state index contributed by atoms with van der Waals surface area (Å²) in [7, 11) is 0. The summed E-state index contributed by atoms with van der Waals surface area (Å²) in [5.41, 5.74) is 0. The Labute approximate surface area is 310 Å². The van der Waals surface area contributed by atoms with Gasteiger partial charge in [0, 0.05) is 39.0 Å². The van der Waals surface area contributed by atoms with Crippen LogP contribution >= 0.6 is 0 Å². The minimum absolute atomic E-state index is 0.0507. The number of hydrogen-bond donors (Lipinski definition) is 0. The number of carbonyl (C=O) groups excluding carboxylic acids is 4. The van der Waals surface area contributed by atoms with Gasteiger partial charge in [-0.25, -0.2) is 4.79 Å². The molecule has 51 heavy (non-hydrogen) atoms. The van der Waals surface area contributed by atoms with E-state index >= 15 is 0 Å². The Morgan fingerprint density at radius 1 is 0.510 bits per heavy atom. The van der Waals surface area contributed by atoms with Crippen LogP contribution < -0.4 is 0 Å². The van der Waals surface area contributed by atoms with Crippen molar-refractivity contribution in [3.8, 4) is 0 Å². The molecule has 300 valence electrons. The molecule has 11 nitrogen and oxygen atoms in total. The lowest BCUT2D eigenvalue weighted by molar-refractivity contribution is -0.161. The number of Topliss-reactive ketones (excluding diaryl/α,β-unsaturated/α-hetero) is 1. The Balaban J connectivity index is 4.88. The Morgan fingerprint density at radius 2 is 1.00 bits per heavy atom. The first-order chi connectivity index (χ1) is 24.7. The fourth-order valence-corrected chi connectivity index (χ4v) is 5.39. The molecule has 0 saturated heterocycles. The number of ether oxygens (including phenoxy) is 6. The molecular weight excluding hydrogens is 654 g/mol. The molecule has 0 aliphatic heterocycles. The summed E-state index contributed by atoms with van der Waals surface area (Å²) in [6, 6.07) is 0. The first-order valence-corrected chi connectivity index (χ1v) is 20.3. The minimum Gasteiger partial charge on any atom is -0.465 e. The average molecular weight is 730 g/mol. The maximum absolute atomic E-state index is 12.8. The molecule has 0 spiro atoms. The number of unbranched alkanes of at least 4 members (excludes halogenated alkanes) is 12. The summed E-state index contributed by atoms with van der Waals surface area (Å²) in [4.78, 5) is 50.8. The third-order valence-electron chi connectivity index (χ3n) is 8.73. The number of nitrogens with zero attached hydrogens (tertiary/aromatic N) is 1. The van der Waals surface area contributed by atoms with Crippen LogP contribution in [-0.2, 0) is 42.8 Å². The van der Waals surface area contributed by atoms with Gasteiger partial charge in [0.25, 0.3) is 0 Å². The van der Waals surface area contributed by atoms with Gasteiger partial charge in [-0.05, 0) is 52.1 Å². The smallest absolute Gasteiger partial charge is 0.465 e. The minimum atomic E-state index is -0.802. The van der Waals surface area contributed by atoms with Crippen molar-refractivity contribution in [2.24, 2.45) is 5.92 Å². The van der Waals surface area contributed by atoms with E-state index in [1.165, 1.54) is 38.5 Å². The van der Waals surface area contributed by atoms with Crippen molar-refractivity contribution >= 4 is 23.9 Å². The van der Waals surface area contributed by atoms with Crippen LogP contribution in [0.1, 0.15) is 163 Å². The van der Waals surface area contributed by atoms with Crippen molar-refractivity contribution in [3.05, 3.63) is 0 Å². The van der Waals surface area contributed by atoms with Crippen molar-refractivity contribution in [2.75, 3.05) is 59.3 Å². The van der Waals surface area contributed by atoms with Gasteiger partial charge in [-0.2, -0.15) is 0 Å². The van der Waals surface area contributed by atoms with Gasteiger partial charge >= 0.3 is 18.1 Å². The van der Waals surface area contributed by atoms with Crippen molar-refractivity contribution in [1.29, 1.82) is 0 Å². The van der Waals surface area contributed by atoms with E-state index in [2.05, 4.69) is 32.6 Å². The van der Waals surface area contributed by atoms with Gasteiger partial charge in [0.15, 0.2) is 6.29 Å². The van der Waals surface area contributed by atoms with Crippen LogP contribution in [-0.4, -0.2) is 94.3 Å². The Bertz CT molecular complexity index is 835. The summed E-state index contributed by atoms with van der Waals surface area (Å²) in [6.07, 6.45) is 16.5. The van der Waals surface area contributed by atoms with Crippen LogP contribution in [0.5, 0.6) is 0 Å². The van der Waals surface area contributed by atoms with Crippen molar-refractivity contribution in [2.45, 2.75) is 169 Å². The molecule has 0 aromatic carbocycles. The van der Waals surface area contributed by atoms with E-state index in [0.717, 1.165) is 71.0 Å². The standard InChI is InChI=1S/C40H75NO10/c1-6-10-12-17-21-29-46-39(47-30-22-18-13-11-7-2)27-26-38(44)50-33-36(34-51-40(45)48-31-23-28-41(8-3)9-4)32-49-37(43)25-20-16-14-15-19-24-35(5)42/h36,39H,6-34H2,1-5H3. The molecule has 0 aliphatic carbocycles. The summed E-state index contributed by atoms with van der Waals surface area (Å²) >= 11 is 0. The van der Waals surface area contributed by atoms with E-state index in [4.69, 9.17) is 28.4 Å². The van der Waals surface area contributed by atoms with E-state index in [0.29, 0.717) is 38.9 Å². The molecule has 0 aliphatic rings. The van der Waals surface area contributed by atoms with E-state index < -0.39 is 24.3 Å². The van der Waals surface area contributed by atoms with E-state index in [1.54, 1.807) is 6.92 Å². The Morgan fingerprint density at radius 3 is 1.55 bits per heavy atom. The Kier molecular flexibility index (Phi) is 34.5. The molecule has 0 radical (unpaired) electrons.